The normalized spacial score (nSPS) is 16.1. The molecule has 1 rings (SSSR count). The van der Waals surface area contributed by atoms with Crippen LogP contribution in [0.3, 0.4) is 0 Å². The second-order valence-electron chi connectivity index (χ2n) is 5.97. The van der Waals surface area contributed by atoms with Crippen molar-refractivity contribution in [3.63, 3.8) is 0 Å². The van der Waals surface area contributed by atoms with Gasteiger partial charge < -0.3 is 10.2 Å². The fourth-order valence-corrected chi connectivity index (χ4v) is 2.83. The topological polar surface area (TPSA) is 104 Å². The minimum absolute atomic E-state index is 0.0312. The summed E-state index contributed by atoms with van der Waals surface area (Å²) < 4.78 is 27.9. The van der Waals surface area contributed by atoms with E-state index < -0.39 is 22.2 Å². The molecule has 0 aliphatic heterocycles. The van der Waals surface area contributed by atoms with Crippen molar-refractivity contribution in [3.05, 3.63) is 12.4 Å². The van der Waals surface area contributed by atoms with Crippen molar-refractivity contribution in [1.82, 2.24) is 14.5 Å². The molecule has 0 saturated carbocycles. The zero-order chi connectivity index (χ0) is 15.6. The third kappa shape index (κ3) is 4.55. The highest BCUT2D eigenvalue weighted by Gasteiger charge is 2.28. The molecular weight excluding hydrogens is 282 g/mol. The monoisotopic (exact) mass is 305 g/mol. The van der Waals surface area contributed by atoms with Crippen molar-refractivity contribution in [2.45, 2.75) is 44.2 Å². The number of nitrogens with zero attached hydrogens (tertiary/aromatic N) is 2. The molecule has 2 atom stereocenters. The summed E-state index contributed by atoms with van der Waals surface area (Å²) >= 11 is 0. The maximum Gasteiger partial charge on any atom is 0.244 e. The Bertz CT molecular complexity index is 533. The molecule has 3 N–H and O–H groups in total. The number of aliphatic hydroxyl groups is 2. The van der Waals surface area contributed by atoms with Crippen LogP contribution in [0.1, 0.15) is 27.2 Å². The molecule has 0 aromatic carbocycles. The van der Waals surface area contributed by atoms with Gasteiger partial charge in [-0.2, -0.15) is 5.10 Å². The zero-order valence-electron chi connectivity index (χ0n) is 12.2. The summed E-state index contributed by atoms with van der Waals surface area (Å²) in [6, 6.07) is -0.741. The molecule has 116 valence electrons. The van der Waals surface area contributed by atoms with Crippen LogP contribution in [0.5, 0.6) is 0 Å². The highest BCUT2D eigenvalue weighted by molar-refractivity contribution is 7.89. The van der Waals surface area contributed by atoms with Crippen LogP contribution >= 0.6 is 0 Å². The molecular formula is C12H23N3O4S. The van der Waals surface area contributed by atoms with E-state index in [1.54, 1.807) is 7.05 Å². The SMILES string of the molecule is Cn1cc(S(=O)(=O)N[C@@H](CO)C[C@H](O)C(C)(C)C)cn1. The summed E-state index contributed by atoms with van der Waals surface area (Å²) in [4.78, 5) is 0.0312. The van der Waals surface area contributed by atoms with Crippen LogP contribution in [0.25, 0.3) is 0 Å². The van der Waals surface area contributed by atoms with Gasteiger partial charge in [0, 0.05) is 19.3 Å². The van der Waals surface area contributed by atoms with Gasteiger partial charge in [-0.1, -0.05) is 20.8 Å². The number of aliphatic hydroxyl groups excluding tert-OH is 2. The van der Waals surface area contributed by atoms with E-state index in [0.717, 1.165) is 0 Å². The summed E-state index contributed by atoms with van der Waals surface area (Å²) in [5.74, 6) is 0. The first-order valence-electron chi connectivity index (χ1n) is 6.36. The van der Waals surface area contributed by atoms with Crippen molar-refractivity contribution in [2.75, 3.05) is 6.61 Å². The first-order chi connectivity index (χ1) is 9.06. The van der Waals surface area contributed by atoms with Crippen molar-refractivity contribution >= 4 is 10.0 Å². The van der Waals surface area contributed by atoms with E-state index in [1.807, 2.05) is 20.8 Å². The highest BCUT2D eigenvalue weighted by Crippen LogP contribution is 2.23. The third-order valence-corrected chi connectivity index (χ3v) is 4.52. The Balaban J connectivity index is 2.78. The number of rotatable bonds is 6. The molecule has 20 heavy (non-hydrogen) atoms. The highest BCUT2D eigenvalue weighted by atomic mass is 32.2. The van der Waals surface area contributed by atoms with E-state index in [9.17, 15) is 18.6 Å². The van der Waals surface area contributed by atoms with Crippen molar-refractivity contribution in [3.8, 4) is 0 Å². The first kappa shape index (κ1) is 17.1. The minimum atomic E-state index is -3.75. The predicted molar refractivity (Wildman–Crippen MR) is 74.5 cm³/mol. The van der Waals surface area contributed by atoms with Gasteiger partial charge in [-0.25, -0.2) is 13.1 Å². The Kier molecular flexibility index (Phi) is 5.31. The number of hydrogen-bond acceptors (Lipinski definition) is 5. The summed E-state index contributed by atoms with van der Waals surface area (Å²) in [6.45, 7) is 5.16. The summed E-state index contributed by atoms with van der Waals surface area (Å²) in [5, 5.41) is 23.1. The molecule has 7 nitrogen and oxygen atoms in total. The molecule has 1 aromatic heterocycles. The standard InChI is InChI=1S/C12H23N3O4S/c1-12(2,3)11(17)5-9(8-16)14-20(18,19)10-6-13-15(4)7-10/h6-7,9,11,14,16-17H,5,8H2,1-4H3/t9-,11+/m1/s1. The Morgan fingerprint density at radius 1 is 1.45 bits per heavy atom. The molecule has 0 amide bonds. The van der Waals surface area contributed by atoms with Gasteiger partial charge in [0.2, 0.25) is 10.0 Å². The van der Waals surface area contributed by atoms with Crippen LogP contribution in [0.15, 0.2) is 17.3 Å². The summed E-state index contributed by atoms with van der Waals surface area (Å²) in [7, 11) is -2.13. The fourth-order valence-electron chi connectivity index (χ4n) is 1.61. The lowest BCUT2D eigenvalue weighted by molar-refractivity contribution is 0.0420. The molecule has 8 heteroatoms. The molecule has 0 bridgehead atoms. The number of nitrogens with one attached hydrogen (secondary N) is 1. The van der Waals surface area contributed by atoms with Crippen LogP contribution in [-0.4, -0.2) is 47.2 Å². The van der Waals surface area contributed by atoms with Gasteiger partial charge in [0.1, 0.15) is 4.90 Å². The van der Waals surface area contributed by atoms with Crippen LogP contribution in [0.2, 0.25) is 0 Å². The second kappa shape index (κ2) is 6.21. The van der Waals surface area contributed by atoms with Gasteiger partial charge in [-0.3, -0.25) is 4.68 Å². The maximum atomic E-state index is 12.1. The Labute approximate surface area is 119 Å². The van der Waals surface area contributed by atoms with Gasteiger partial charge in [0.15, 0.2) is 0 Å². The lowest BCUT2D eigenvalue weighted by Gasteiger charge is -2.29. The zero-order valence-corrected chi connectivity index (χ0v) is 13.1. The van der Waals surface area contributed by atoms with Crippen molar-refractivity contribution in [2.24, 2.45) is 12.5 Å². The molecule has 0 saturated heterocycles. The second-order valence-corrected chi connectivity index (χ2v) is 7.68. The first-order valence-corrected chi connectivity index (χ1v) is 7.84. The molecule has 0 fully saturated rings. The average molecular weight is 305 g/mol. The fraction of sp³-hybridized carbons (Fsp3) is 0.750. The number of aromatic nitrogens is 2. The molecule has 0 spiro atoms. The van der Waals surface area contributed by atoms with Gasteiger partial charge >= 0.3 is 0 Å². The van der Waals surface area contributed by atoms with E-state index in [4.69, 9.17) is 0 Å². The van der Waals surface area contributed by atoms with Crippen molar-refractivity contribution in [1.29, 1.82) is 0 Å². The van der Waals surface area contributed by atoms with E-state index in [-0.39, 0.29) is 23.3 Å². The van der Waals surface area contributed by atoms with Crippen LogP contribution in [0.4, 0.5) is 0 Å². The smallest absolute Gasteiger partial charge is 0.244 e. The van der Waals surface area contributed by atoms with Crippen LogP contribution in [0, 0.1) is 5.41 Å². The summed E-state index contributed by atoms with van der Waals surface area (Å²) in [5.41, 5.74) is -0.382. The van der Waals surface area contributed by atoms with E-state index >= 15 is 0 Å². The molecule has 0 aliphatic rings. The maximum absolute atomic E-state index is 12.1. The molecule has 1 aromatic rings. The average Bonchev–Trinajstić information content (AvgIpc) is 2.74. The van der Waals surface area contributed by atoms with Gasteiger partial charge in [0.05, 0.1) is 18.9 Å². The number of sulfonamides is 1. The number of aryl methyl sites for hydroxylation is 1. The molecule has 0 aliphatic carbocycles. The Morgan fingerprint density at radius 3 is 2.45 bits per heavy atom. The van der Waals surface area contributed by atoms with Gasteiger partial charge in [0.25, 0.3) is 0 Å². The Morgan fingerprint density at radius 2 is 2.05 bits per heavy atom. The Hall–Kier alpha value is -0.960. The predicted octanol–water partition coefficient (Wildman–Crippen LogP) is -0.144. The summed E-state index contributed by atoms with van der Waals surface area (Å²) in [6.07, 6.45) is 2.02. The van der Waals surface area contributed by atoms with Gasteiger partial charge in [-0.05, 0) is 11.8 Å². The third-order valence-electron chi connectivity index (χ3n) is 3.04. The molecule has 1 heterocycles. The molecule has 0 radical (unpaired) electrons. The molecule has 0 unspecified atom stereocenters. The number of hydrogen-bond donors (Lipinski definition) is 3. The minimum Gasteiger partial charge on any atom is -0.395 e. The van der Waals surface area contributed by atoms with Crippen molar-refractivity contribution < 1.29 is 18.6 Å². The quantitative estimate of drug-likeness (QED) is 0.678. The van der Waals surface area contributed by atoms with Gasteiger partial charge in [-0.15, -0.1) is 0 Å². The van der Waals surface area contributed by atoms with Crippen LogP contribution < -0.4 is 4.72 Å². The van der Waals surface area contributed by atoms with E-state index in [0.29, 0.717) is 0 Å². The lowest BCUT2D eigenvalue weighted by atomic mass is 9.86. The van der Waals surface area contributed by atoms with Crippen LogP contribution in [-0.2, 0) is 17.1 Å². The largest absolute Gasteiger partial charge is 0.395 e. The lowest BCUT2D eigenvalue weighted by Crippen LogP contribution is -2.42. The van der Waals surface area contributed by atoms with E-state index in [1.165, 1.54) is 17.1 Å². The van der Waals surface area contributed by atoms with E-state index in [2.05, 4.69) is 9.82 Å².